The third-order valence-electron chi connectivity index (χ3n) is 2.62. The van der Waals surface area contributed by atoms with Crippen molar-refractivity contribution in [2.45, 2.75) is 31.9 Å². The van der Waals surface area contributed by atoms with E-state index in [2.05, 4.69) is 24.2 Å². The molecule has 0 aromatic rings. The number of hydrogen-bond acceptors (Lipinski definition) is 3. The normalized spacial score (nSPS) is 25.4. The van der Waals surface area contributed by atoms with Crippen LogP contribution in [-0.4, -0.2) is 50.8 Å². The molecule has 1 N–H and O–H groups in total. The van der Waals surface area contributed by atoms with E-state index in [-0.39, 0.29) is 0 Å². The van der Waals surface area contributed by atoms with Crippen molar-refractivity contribution in [3.05, 3.63) is 0 Å². The van der Waals surface area contributed by atoms with Gasteiger partial charge in [-0.05, 0) is 33.9 Å². The quantitative estimate of drug-likeness (QED) is 0.684. The highest BCUT2D eigenvalue weighted by Crippen LogP contribution is 2.12. The van der Waals surface area contributed by atoms with E-state index in [1.165, 1.54) is 12.8 Å². The zero-order chi connectivity index (χ0) is 9.68. The van der Waals surface area contributed by atoms with Gasteiger partial charge in [-0.2, -0.15) is 0 Å². The van der Waals surface area contributed by atoms with Crippen LogP contribution in [0.1, 0.15) is 19.8 Å². The van der Waals surface area contributed by atoms with Crippen LogP contribution in [0.15, 0.2) is 0 Å². The first kappa shape index (κ1) is 11.0. The van der Waals surface area contributed by atoms with Crippen LogP contribution in [0.3, 0.4) is 0 Å². The summed E-state index contributed by atoms with van der Waals surface area (Å²) in [5.74, 6) is 0. The van der Waals surface area contributed by atoms with Gasteiger partial charge in [0.05, 0.1) is 6.10 Å². The first-order valence-electron chi connectivity index (χ1n) is 5.19. The number of likely N-dealkylation sites (N-methyl/N-ethyl adjacent to an activating group) is 2. The van der Waals surface area contributed by atoms with Crippen molar-refractivity contribution in [1.29, 1.82) is 0 Å². The molecule has 0 aromatic carbocycles. The smallest absolute Gasteiger partial charge is 0.0702 e. The monoisotopic (exact) mass is 186 g/mol. The summed E-state index contributed by atoms with van der Waals surface area (Å²) in [6.45, 7) is 5.33. The molecule has 1 heterocycles. The van der Waals surface area contributed by atoms with Gasteiger partial charge in [0.1, 0.15) is 0 Å². The van der Waals surface area contributed by atoms with Crippen LogP contribution in [0.2, 0.25) is 0 Å². The van der Waals surface area contributed by atoms with Gasteiger partial charge >= 0.3 is 0 Å². The van der Waals surface area contributed by atoms with Gasteiger partial charge in [0.2, 0.25) is 0 Å². The molecule has 1 fully saturated rings. The molecule has 0 radical (unpaired) electrons. The minimum atomic E-state index is 0.481. The van der Waals surface area contributed by atoms with E-state index in [1.807, 2.05) is 7.05 Å². The van der Waals surface area contributed by atoms with Crippen LogP contribution in [0, 0.1) is 0 Å². The predicted molar refractivity (Wildman–Crippen MR) is 55.0 cm³/mol. The lowest BCUT2D eigenvalue weighted by Crippen LogP contribution is -2.38. The highest BCUT2D eigenvalue weighted by Gasteiger charge is 2.17. The zero-order valence-corrected chi connectivity index (χ0v) is 9.05. The van der Waals surface area contributed by atoms with E-state index >= 15 is 0 Å². The molecular weight excluding hydrogens is 164 g/mol. The summed E-state index contributed by atoms with van der Waals surface area (Å²) in [5.41, 5.74) is 0. The Kier molecular flexibility index (Phi) is 4.70. The van der Waals surface area contributed by atoms with Crippen molar-refractivity contribution in [3.63, 3.8) is 0 Å². The van der Waals surface area contributed by atoms with Crippen LogP contribution in [-0.2, 0) is 4.74 Å². The maximum atomic E-state index is 5.58. The predicted octanol–water partition coefficient (Wildman–Crippen LogP) is 0.705. The molecule has 3 heteroatoms. The average molecular weight is 186 g/mol. The lowest BCUT2D eigenvalue weighted by molar-refractivity contribution is 0.0792. The van der Waals surface area contributed by atoms with Crippen LogP contribution in [0.5, 0.6) is 0 Å². The summed E-state index contributed by atoms with van der Waals surface area (Å²) in [6, 6.07) is 0.561. The molecule has 1 aliphatic rings. The standard InChI is InChI=1S/C10H22N2O/c1-9(11-2)7-12(3)8-10-5-4-6-13-10/h9-11H,4-8H2,1-3H3. The Labute approximate surface area is 81.4 Å². The Hall–Kier alpha value is -0.120. The summed E-state index contributed by atoms with van der Waals surface area (Å²) in [4.78, 5) is 2.34. The molecule has 2 unspecified atom stereocenters. The Morgan fingerprint density at radius 3 is 2.92 bits per heavy atom. The first-order valence-corrected chi connectivity index (χ1v) is 5.19. The number of ether oxygens (including phenoxy) is 1. The number of nitrogens with one attached hydrogen (secondary N) is 1. The lowest BCUT2D eigenvalue weighted by atomic mass is 10.2. The van der Waals surface area contributed by atoms with Gasteiger partial charge < -0.3 is 15.0 Å². The fourth-order valence-corrected chi connectivity index (χ4v) is 1.77. The fourth-order valence-electron chi connectivity index (χ4n) is 1.77. The van der Waals surface area contributed by atoms with E-state index in [0.29, 0.717) is 12.1 Å². The molecule has 3 nitrogen and oxygen atoms in total. The highest BCUT2D eigenvalue weighted by atomic mass is 16.5. The Balaban J connectivity index is 2.12. The van der Waals surface area contributed by atoms with Gasteiger partial charge in [0.15, 0.2) is 0 Å². The topological polar surface area (TPSA) is 24.5 Å². The first-order chi connectivity index (χ1) is 6.22. The molecule has 0 aliphatic carbocycles. The Morgan fingerprint density at radius 1 is 1.62 bits per heavy atom. The average Bonchev–Trinajstić information content (AvgIpc) is 2.56. The summed E-state index contributed by atoms with van der Waals surface area (Å²) < 4.78 is 5.58. The van der Waals surface area contributed by atoms with E-state index in [0.717, 1.165) is 19.7 Å². The number of nitrogens with zero attached hydrogens (tertiary/aromatic N) is 1. The molecule has 1 rings (SSSR count). The second-order valence-electron chi connectivity index (χ2n) is 4.05. The minimum absolute atomic E-state index is 0.481. The molecule has 0 spiro atoms. The van der Waals surface area contributed by atoms with Gasteiger partial charge in [-0.1, -0.05) is 0 Å². The van der Waals surface area contributed by atoms with Crippen molar-refractivity contribution < 1.29 is 4.74 Å². The van der Waals surface area contributed by atoms with Crippen LogP contribution >= 0.6 is 0 Å². The zero-order valence-electron chi connectivity index (χ0n) is 9.05. The molecule has 2 atom stereocenters. The van der Waals surface area contributed by atoms with E-state index in [4.69, 9.17) is 4.74 Å². The van der Waals surface area contributed by atoms with Crippen molar-refractivity contribution in [1.82, 2.24) is 10.2 Å². The second-order valence-corrected chi connectivity index (χ2v) is 4.05. The molecular formula is C10H22N2O. The maximum Gasteiger partial charge on any atom is 0.0702 e. The van der Waals surface area contributed by atoms with Crippen LogP contribution in [0.25, 0.3) is 0 Å². The molecule has 1 saturated heterocycles. The second kappa shape index (κ2) is 5.58. The van der Waals surface area contributed by atoms with Gasteiger partial charge in [0, 0.05) is 25.7 Å². The third-order valence-corrected chi connectivity index (χ3v) is 2.62. The van der Waals surface area contributed by atoms with Gasteiger partial charge in [-0.15, -0.1) is 0 Å². The SMILES string of the molecule is CNC(C)CN(C)CC1CCCO1. The van der Waals surface area contributed by atoms with E-state index in [1.54, 1.807) is 0 Å². The van der Waals surface area contributed by atoms with Crippen molar-refractivity contribution in [2.75, 3.05) is 33.8 Å². The highest BCUT2D eigenvalue weighted by molar-refractivity contribution is 4.71. The molecule has 0 bridgehead atoms. The summed E-state index contributed by atoms with van der Waals surface area (Å²) in [6.07, 6.45) is 2.95. The van der Waals surface area contributed by atoms with E-state index in [9.17, 15) is 0 Å². The van der Waals surface area contributed by atoms with Crippen molar-refractivity contribution >= 4 is 0 Å². The minimum Gasteiger partial charge on any atom is -0.377 e. The lowest BCUT2D eigenvalue weighted by Gasteiger charge is -2.23. The van der Waals surface area contributed by atoms with Gasteiger partial charge in [-0.25, -0.2) is 0 Å². The fraction of sp³-hybridized carbons (Fsp3) is 1.00. The number of hydrogen-bond donors (Lipinski definition) is 1. The molecule has 0 aromatic heterocycles. The number of rotatable bonds is 5. The molecule has 1 aliphatic heterocycles. The van der Waals surface area contributed by atoms with Crippen LogP contribution < -0.4 is 5.32 Å². The molecule has 78 valence electrons. The van der Waals surface area contributed by atoms with E-state index < -0.39 is 0 Å². The Morgan fingerprint density at radius 2 is 2.38 bits per heavy atom. The van der Waals surface area contributed by atoms with Gasteiger partial charge in [0.25, 0.3) is 0 Å². The maximum absolute atomic E-state index is 5.58. The van der Waals surface area contributed by atoms with Gasteiger partial charge in [-0.3, -0.25) is 0 Å². The summed E-state index contributed by atoms with van der Waals surface area (Å²) >= 11 is 0. The van der Waals surface area contributed by atoms with Crippen LogP contribution in [0.4, 0.5) is 0 Å². The van der Waals surface area contributed by atoms with Crippen molar-refractivity contribution in [3.8, 4) is 0 Å². The Bertz CT molecular complexity index is 135. The molecule has 0 saturated carbocycles. The summed E-state index contributed by atoms with van der Waals surface area (Å²) in [5, 5.41) is 3.24. The largest absolute Gasteiger partial charge is 0.377 e. The summed E-state index contributed by atoms with van der Waals surface area (Å²) in [7, 11) is 4.17. The molecule has 13 heavy (non-hydrogen) atoms. The third kappa shape index (κ3) is 4.07. The molecule has 0 amide bonds. The van der Waals surface area contributed by atoms with Crippen molar-refractivity contribution in [2.24, 2.45) is 0 Å².